The molecular weight excluding hydrogens is 397 g/mol. The van der Waals surface area contributed by atoms with Gasteiger partial charge in [0, 0.05) is 24.4 Å². The van der Waals surface area contributed by atoms with Gasteiger partial charge in [-0.05, 0) is 54.1 Å². The van der Waals surface area contributed by atoms with E-state index in [1.54, 1.807) is 12.1 Å². The van der Waals surface area contributed by atoms with E-state index in [1.807, 2.05) is 0 Å². The average Bonchev–Trinajstić information content (AvgIpc) is 3.18. The third kappa shape index (κ3) is 4.40. The molecule has 152 valence electrons. The molecule has 0 fully saturated rings. The molecule has 0 radical (unpaired) electrons. The smallest absolute Gasteiger partial charge is 0.295 e. The predicted octanol–water partition coefficient (Wildman–Crippen LogP) is 4.76. The molecule has 0 saturated carbocycles. The third-order valence-corrected chi connectivity index (χ3v) is 4.26. The number of aromatic nitrogens is 3. The minimum atomic E-state index is -2.72. The second-order valence-electron chi connectivity index (χ2n) is 6.40. The number of hydrogen-bond acceptors (Lipinski definition) is 4. The Hall–Kier alpha value is -3.88. The minimum Gasteiger partial charge on any atom is -0.439 e. The van der Waals surface area contributed by atoms with Crippen LogP contribution in [0.15, 0.2) is 60.8 Å². The monoisotopic (exact) mass is 412 g/mol. The number of H-pyrrole nitrogens is 1. The number of hydrogen-bond donors (Lipinski definition) is 2. The summed E-state index contributed by atoms with van der Waals surface area (Å²) in [5.41, 5.74) is 1.76. The molecule has 0 unspecified atom stereocenters. The van der Waals surface area contributed by atoms with Crippen molar-refractivity contribution >= 4 is 16.9 Å². The number of halogens is 3. The summed E-state index contributed by atoms with van der Waals surface area (Å²) in [6.45, 7) is 0.199. The Morgan fingerprint density at radius 2 is 1.90 bits per heavy atom. The number of ether oxygens (including phenoxy) is 1. The van der Waals surface area contributed by atoms with Crippen LogP contribution in [0.4, 0.5) is 13.2 Å². The quantitative estimate of drug-likeness (QED) is 0.479. The van der Waals surface area contributed by atoms with Crippen molar-refractivity contribution in [2.24, 2.45) is 0 Å². The van der Waals surface area contributed by atoms with Gasteiger partial charge in [-0.1, -0.05) is 0 Å². The normalized spacial score (nSPS) is 11.1. The van der Waals surface area contributed by atoms with Gasteiger partial charge >= 0.3 is 0 Å². The van der Waals surface area contributed by atoms with Gasteiger partial charge in [-0.2, -0.15) is 0 Å². The average molecular weight is 412 g/mol. The second-order valence-corrected chi connectivity index (χ2v) is 6.40. The largest absolute Gasteiger partial charge is 0.439 e. The van der Waals surface area contributed by atoms with Gasteiger partial charge in [0.1, 0.15) is 11.6 Å². The van der Waals surface area contributed by atoms with Crippen molar-refractivity contribution < 1.29 is 22.7 Å². The van der Waals surface area contributed by atoms with E-state index in [9.17, 15) is 18.0 Å². The number of rotatable bonds is 6. The number of aromatic amines is 1. The number of alkyl halides is 2. The van der Waals surface area contributed by atoms with Crippen molar-refractivity contribution in [3.8, 4) is 11.6 Å². The summed E-state index contributed by atoms with van der Waals surface area (Å²) < 4.78 is 44.1. The minimum absolute atomic E-state index is 0.199. The number of carbonyl (C=O) groups is 1. The highest BCUT2D eigenvalue weighted by Crippen LogP contribution is 2.22. The highest BCUT2D eigenvalue weighted by atomic mass is 19.3. The fraction of sp³-hybridized carbons (Fsp3) is 0.0952. The lowest BCUT2D eigenvalue weighted by molar-refractivity contribution is 0.0951. The molecule has 2 N–H and O–H groups in total. The van der Waals surface area contributed by atoms with Gasteiger partial charge in [0.25, 0.3) is 12.3 Å². The van der Waals surface area contributed by atoms with E-state index < -0.39 is 12.2 Å². The van der Waals surface area contributed by atoms with E-state index in [-0.39, 0.29) is 18.3 Å². The molecule has 2 heterocycles. The van der Waals surface area contributed by atoms with Crippen molar-refractivity contribution in [2.45, 2.75) is 13.0 Å². The highest BCUT2D eigenvalue weighted by Gasteiger charge is 2.14. The Kier molecular flexibility index (Phi) is 5.34. The fourth-order valence-electron chi connectivity index (χ4n) is 2.80. The molecule has 0 aliphatic carbocycles. The van der Waals surface area contributed by atoms with Crippen LogP contribution >= 0.6 is 0 Å². The number of benzene rings is 2. The van der Waals surface area contributed by atoms with Crippen molar-refractivity contribution in [3.05, 3.63) is 83.6 Å². The molecule has 6 nitrogen and oxygen atoms in total. The van der Waals surface area contributed by atoms with E-state index >= 15 is 0 Å². The first-order chi connectivity index (χ1) is 14.5. The SMILES string of the molecule is O=C(NCc1ccnc(Oc2ccc(F)cc2)c1)c1ccc2nc(C(F)F)[nH]c2c1. The lowest BCUT2D eigenvalue weighted by Gasteiger charge is -2.08. The van der Waals surface area contributed by atoms with E-state index in [1.165, 1.54) is 48.7 Å². The van der Waals surface area contributed by atoms with Crippen LogP contribution in [0.2, 0.25) is 0 Å². The number of nitrogens with zero attached hydrogens (tertiary/aromatic N) is 2. The molecule has 4 aromatic rings. The molecule has 0 aliphatic heterocycles. The molecular formula is C21H15F3N4O2. The fourth-order valence-corrected chi connectivity index (χ4v) is 2.80. The Morgan fingerprint density at radius 3 is 2.67 bits per heavy atom. The van der Waals surface area contributed by atoms with Gasteiger partial charge in [-0.25, -0.2) is 23.1 Å². The molecule has 0 atom stereocenters. The molecule has 4 rings (SSSR count). The lowest BCUT2D eigenvalue weighted by atomic mass is 10.2. The number of carbonyl (C=O) groups excluding carboxylic acids is 1. The molecule has 9 heteroatoms. The number of amides is 1. The first-order valence-electron chi connectivity index (χ1n) is 8.92. The standard InChI is InChI=1S/C21H15F3N4O2/c22-14-2-4-15(5-3-14)30-18-9-12(7-8-25-18)11-26-21(29)13-1-6-16-17(10-13)28-20(27-16)19(23)24/h1-10,19H,11H2,(H,26,29)(H,27,28). The van der Waals surface area contributed by atoms with E-state index in [0.29, 0.717) is 28.2 Å². The highest BCUT2D eigenvalue weighted by molar-refractivity contribution is 5.97. The van der Waals surface area contributed by atoms with Crippen molar-refractivity contribution in [3.63, 3.8) is 0 Å². The van der Waals surface area contributed by atoms with Crippen LogP contribution in [0.5, 0.6) is 11.6 Å². The van der Waals surface area contributed by atoms with Crippen LogP contribution < -0.4 is 10.1 Å². The Labute approximate surface area is 168 Å². The zero-order chi connectivity index (χ0) is 21.1. The van der Waals surface area contributed by atoms with Gasteiger partial charge in [-0.15, -0.1) is 0 Å². The van der Waals surface area contributed by atoms with Crippen LogP contribution in [0.1, 0.15) is 28.2 Å². The molecule has 0 spiro atoms. The maximum atomic E-state index is 13.0. The maximum absolute atomic E-state index is 13.0. The van der Waals surface area contributed by atoms with Gasteiger partial charge in [0.2, 0.25) is 5.88 Å². The van der Waals surface area contributed by atoms with Crippen LogP contribution in [-0.2, 0) is 6.54 Å². The summed E-state index contributed by atoms with van der Waals surface area (Å²) in [6, 6.07) is 13.4. The Morgan fingerprint density at radius 1 is 1.10 bits per heavy atom. The summed E-state index contributed by atoms with van der Waals surface area (Å²) in [6.07, 6.45) is -1.18. The van der Waals surface area contributed by atoms with Gasteiger partial charge in [-0.3, -0.25) is 4.79 Å². The zero-order valence-corrected chi connectivity index (χ0v) is 15.4. The summed E-state index contributed by atoms with van der Waals surface area (Å²) in [5, 5.41) is 2.75. The zero-order valence-electron chi connectivity index (χ0n) is 15.4. The third-order valence-electron chi connectivity index (χ3n) is 4.26. The van der Waals surface area contributed by atoms with Crippen LogP contribution in [0, 0.1) is 5.82 Å². The van der Waals surface area contributed by atoms with Gasteiger partial charge in [0.05, 0.1) is 11.0 Å². The van der Waals surface area contributed by atoms with Crippen molar-refractivity contribution in [1.82, 2.24) is 20.3 Å². The topological polar surface area (TPSA) is 79.9 Å². The molecule has 0 saturated heterocycles. The Bertz CT molecular complexity index is 1190. The Balaban J connectivity index is 1.42. The van der Waals surface area contributed by atoms with E-state index in [0.717, 1.165) is 5.56 Å². The predicted molar refractivity (Wildman–Crippen MR) is 103 cm³/mol. The number of fused-ring (bicyclic) bond motifs is 1. The van der Waals surface area contributed by atoms with Crippen molar-refractivity contribution in [1.29, 1.82) is 0 Å². The van der Waals surface area contributed by atoms with E-state index in [2.05, 4.69) is 20.3 Å². The van der Waals surface area contributed by atoms with Gasteiger partial charge in [0.15, 0.2) is 5.82 Å². The van der Waals surface area contributed by atoms with Crippen LogP contribution in [-0.4, -0.2) is 20.9 Å². The van der Waals surface area contributed by atoms with Gasteiger partial charge < -0.3 is 15.0 Å². The molecule has 0 aliphatic rings. The summed E-state index contributed by atoms with van der Waals surface area (Å²) in [5.74, 6) is -0.450. The van der Waals surface area contributed by atoms with E-state index in [4.69, 9.17) is 4.74 Å². The number of nitrogens with one attached hydrogen (secondary N) is 2. The second kappa shape index (κ2) is 8.24. The van der Waals surface area contributed by atoms with Crippen LogP contribution in [0.25, 0.3) is 11.0 Å². The summed E-state index contributed by atoms with van der Waals surface area (Å²) in [7, 11) is 0. The first kappa shape index (κ1) is 19.4. The lowest BCUT2D eigenvalue weighted by Crippen LogP contribution is -2.22. The molecule has 30 heavy (non-hydrogen) atoms. The molecule has 1 amide bonds. The number of imidazole rings is 1. The van der Waals surface area contributed by atoms with Crippen molar-refractivity contribution in [2.75, 3.05) is 0 Å². The molecule has 2 aromatic heterocycles. The summed E-state index contributed by atoms with van der Waals surface area (Å²) in [4.78, 5) is 22.8. The van der Waals surface area contributed by atoms with Crippen LogP contribution in [0.3, 0.4) is 0 Å². The number of pyridine rings is 1. The summed E-state index contributed by atoms with van der Waals surface area (Å²) >= 11 is 0. The first-order valence-corrected chi connectivity index (χ1v) is 8.92. The molecule has 2 aromatic carbocycles. The maximum Gasteiger partial charge on any atom is 0.295 e. The molecule has 0 bridgehead atoms.